The molecule has 1 aliphatic heterocycles. The number of rotatable bonds is 9. The Bertz CT molecular complexity index is 825. The molecule has 1 saturated heterocycles. The molecule has 3 unspecified atom stereocenters. The summed E-state index contributed by atoms with van der Waals surface area (Å²) < 4.78 is 5.86. The average Bonchev–Trinajstić information content (AvgIpc) is 2.97. The number of hydrogen-bond acceptors (Lipinski definition) is 5. The van der Waals surface area contributed by atoms with Crippen LogP contribution in [0.2, 0.25) is 0 Å². The number of fused-ring (bicyclic) bond motifs is 1. The van der Waals surface area contributed by atoms with Gasteiger partial charge in [-0.15, -0.1) is 0 Å². The third-order valence-electron chi connectivity index (χ3n) is 5.95. The minimum Gasteiger partial charge on any atom is -0.491 e. The maximum absolute atomic E-state index is 12.6. The smallest absolute Gasteiger partial charge is 0.233 e. The Morgan fingerprint density at radius 1 is 1.16 bits per heavy atom. The summed E-state index contributed by atoms with van der Waals surface area (Å²) in [6.45, 7) is 6.52. The second-order valence-electron chi connectivity index (χ2n) is 8.61. The first-order valence-electron chi connectivity index (χ1n) is 11.1. The van der Waals surface area contributed by atoms with Crippen LogP contribution < -0.4 is 10.5 Å². The number of amides is 3. The van der Waals surface area contributed by atoms with Gasteiger partial charge in [0.1, 0.15) is 5.75 Å². The van der Waals surface area contributed by atoms with E-state index < -0.39 is 6.04 Å². The van der Waals surface area contributed by atoms with Crippen molar-refractivity contribution in [2.45, 2.75) is 52.2 Å². The molecule has 168 valence electrons. The maximum Gasteiger partial charge on any atom is 0.233 e. The van der Waals surface area contributed by atoms with Gasteiger partial charge in [0.2, 0.25) is 17.7 Å². The molecule has 1 aromatic rings. The van der Waals surface area contributed by atoms with Crippen molar-refractivity contribution in [2.24, 2.45) is 17.6 Å². The Morgan fingerprint density at radius 3 is 2.35 bits per heavy atom. The molecular formula is C24H33N3O4. The molecule has 1 heterocycles. The minimum atomic E-state index is -0.400. The fourth-order valence-corrected chi connectivity index (χ4v) is 4.37. The van der Waals surface area contributed by atoms with E-state index in [1.165, 1.54) is 11.8 Å². The lowest BCUT2D eigenvalue weighted by molar-refractivity contribution is -0.139. The predicted octanol–water partition coefficient (Wildman–Crippen LogP) is 2.66. The molecule has 2 N–H and O–H groups in total. The molecule has 2 aliphatic rings. The fourth-order valence-electron chi connectivity index (χ4n) is 4.37. The van der Waals surface area contributed by atoms with Gasteiger partial charge in [-0.25, -0.2) is 0 Å². The molecule has 0 radical (unpaired) electrons. The molecule has 1 fully saturated rings. The van der Waals surface area contributed by atoms with Crippen LogP contribution in [0.3, 0.4) is 0 Å². The van der Waals surface area contributed by atoms with Gasteiger partial charge in [0.25, 0.3) is 0 Å². The van der Waals surface area contributed by atoms with Crippen molar-refractivity contribution in [2.75, 3.05) is 19.6 Å². The first kappa shape index (κ1) is 23.0. The lowest BCUT2D eigenvalue weighted by Gasteiger charge is -2.27. The molecule has 0 aromatic heterocycles. The predicted molar refractivity (Wildman–Crippen MR) is 118 cm³/mol. The number of nitrogens with zero attached hydrogens (tertiary/aromatic N) is 2. The molecule has 0 saturated carbocycles. The number of allylic oxidation sites excluding steroid dienone is 2. The van der Waals surface area contributed by atoms with E-state index in [1.54, 1.807) is 4.90 Å². The maximum atomic E-state index is 12.6. The van der Waals surface area contributed by atoms with Gasteiger partial charge in [0, 0.05) is 32.1 Å². The summed E-state index contributed by atoms with van der Waals surface area (Å²) in [6.07, 6.45) is 5.79. The van der Waals surface area contributed by atoms with Crippen LogP contribution in [0.4, 0.5) is 0 Å². The van der Waals surface area contributed by atoms with Crippen LogP contribution >= 0.6 is 0 Å². The molecule has 0 bridgehead atoms. The lowest BCUT2D eigenvalue weighted by atomic mass is 9.85. The molecular weight excluding hydrogens is 394 g/mol. The highest BCUT2D eigenvalue weighted by Crippen LogP contribution is 2.35. The van der Waals surface area contributed by atoms with Crippen molar-refractivity contribution in [3.05, 3.63) is 42.0 Å². The molecule has 7 nitrogen and oxygen atoms in total. The molecule has 3 atom stereocenters. The summed E-state index contributed by atoms with van der Waals surface area (Å²) in [5.74, 6) is 0.0441. The van der Waals surface area contributed by atoms with Crippen LogP contribution in [0, 0.1) is 11.8 Å². The van der Waals surface area contributed by atoms with Crippen LogP contribution in [-0.2, 0) is 14.4 Å². The monoisotopic (exact) mass is 427 g/mol. The SMILES string of the molecule is CC(=O)N(CCCN1C(=O)C2CC=CCC2C1=O)CC(N)c1ccccc1OC(C)C. The highest BCUT2D eigenvalue weighted by Gasteiger charge is 2.46. The summed E-state index contributed by atoms with van der Waals surface area (Å²) in [6, 6.07) is 7.19. The van der Waals surface area contributed by atoms with Gasteiger partial charge >= 0.3 is 0 Å². The van der Waals surface area contributed by atoms with E-state index in [0.717, 1.165) is 11.3 Å². The highest BCUT2D eigenvalue weighted by atomic mass is 16.5. The van der Waals surface area contributed by atoms with Crippen LogP contribution in [0.25, 0.3) is 0 Å². The molecule has 1 aromatic carbocycles. The molecule has 1 aliphatic carbocycles. The third-order valence-corrected chi connectivity index (χ3v) is 5.95. The summed E-state index contributed by atoms with van der Waals surface area (Å²) >= 11 is 0. The Hall–Kier alpha value is -2.67. The van der Waals surface area contributed by atoms with Gasteiger partial charge in [-0.2, -0.15) is 0 Å². The molecule has 7 heteroatoms. The Labute approximate surface area is 184 Å². The van der Waals surface area contributed by atoms with E-state index in [2.05, 4.69) is 0 Å². The lowest BCUT2D eigenvalue weighted by Crippen LogP contribution is -2.39. The Kier molecular flexibility index (Phi) is 7.49. The summed E-state index contributed by atoms with van der Waals surface area (Å²) in [7, 11) is 0. The zero-order valence-corrected chi connectivity index (χ0v) is 18.6. The average molecular weight is 428 g/mol. The van der Waals surface area contributed by atoms with Crippen LogP contribution in [-0.4, -0.2) is 53.3 Å². The number of carbonyl (C=O) groups is 3. The highest BCUT2D eigenvalue weighted by molar-refractivity contribution is 6.05. The van der Waals surface area contributed by atoms with Gasteiger partial charge in [-0.1, -0.05) is 30.4 Å². The quantitative estimate of drug-likeness (QED) is 0.483. The van der Waals surface area contributed by atoms with Gasteiger partial charge in [-0.3, -0.25) is 19.3 Å². The van der Waals surface area contributed by atoms with Crippen molar-refractivity contribution in [3.63, 3.8) is 0 Å². The molecule has 31 heavy (non-hydrogen) atoms. The van der Waals surface area contributed by atoms with Gasteiger partial charge in [0.05, 0.1) is 24.0 Å². The molecule has 0 spiro atoms. The van der Waals surface area contributed by atoms with Crippen LogP contribution in [0.1, 0.15) is 51.6 Å². The summed E-state index contributed by atoms with van der Waals surface area (Å²) in [5, 5.41) is 0. The number of hydrogen-bond donors (Lipinski definition) is 1. The van der Waals surface area contributed by atoms with Crippen molar-refractivity contribution < 1.29 is 19.1 Å². The molecule has 3 rings (SSSR count). The zero-order chi connectivity index (χ0) is 22.5. The topological polar surface area (TPSA) is 92.9 Å². The van der Waals surface area contributed by atoms with E-state index in [-0.39, 0.29) is 35.7 Å². The number of likely N-dealkylation sites (tertiary alicyclic amines) is 1. The van der Waals surface area contributed by atoms with Gasteiger partial charge < -0.3 is 15.4 Å². The van der Waals surface area contributed by atoms with E-state index >= 15 is 0 Å². The largest absolute Gasteiger partial charge is 0.491 e. The second-order valence-corrected chi connectivity index (χ2v) is 8.61. The zero-order valence-electron chi connectivity index (χ0n) is 18.6. The second kappa shape index (κ2) is 10.1. The van der Waals surface area contributed by atoms with Crippen molar-refractivity contribution >= 4 is 17.7 Å². The van der Waals surface area contributed by atoms with Crippen LogP contribution in [0.15, 0.2) is 36.4 Å². The van der Waals surface area contributed by atoms with Gasteiger partial charge in [0.15, 0.2) is 0 Å². The summed E-state index contributed by atoms with van der Waals surface area (Å²) in [5.41, 5.74) is 7.28. The first-order valence-corrected chi connectivity index (χ1v) is 11.1. The first-order chi connectivity index (χ1) is 14.8. The number of carbonyl (C=O) groups excluding carboxylic acids is 3. The van der Waals surface area contributed by atoms with Gasteiger partial charge in [-0.05, 0) is 39.2 Å². The van der Waals surface area contributed by atoms with E-state index in [1.807, 2.05) is 50.3 Å². The van der Waals surface area contributed by atoms with Crippen molar-refractivity contribution in [3.8, 4) is 5.75 Å². The number of nitrogens with two attached hydrogens (primary N) is 1. The van der Waals surface area contributed by atoms with Crippen LogP contribution in [0.5, 0.6) is 5.75 Å². The number of benzene rings is 1. The number of imide groups is 1. The number of para-hydroxylation sites is 1. The van der Waals surface area contributed by atoms with E-state index in [9.17, 15) is 14.4 Å². The number of ether oxygens (including phenoxy) is 1. The van der Waals surface area contributed by atoms with E-state index in [4.69, 9.17) is 10.5 Å². The Balaban J connectivity index is 1.58. The normalized spacial score (nSPS) is 21.4. The summed E-state index contributed by atoms with van der Waals surface area (Å²) in [4.78, 5) is 40.5. The fraction of sp³-hybridized carbons (Fsp3) is 0.542. The van der Waals surface area contributed by atoms with E-state index in [0.29, 0.717) is 38.9 Å². The van der Waals surface area contributed by atoms with Crippen molar-refractivity contribution in [1.82, 2.24) is 9.80 Å². The molecule has 3 amide bonds. The minimum absolute atomic E-state index is 0.0201. The standard InChI is InChI=1S/C24H33N3O4/c1-16(2)31-22-12-7-6-11-20(22)21(25)15-26(17(3)28)13-8-14-27-23(29)18-9-4-5-10-19(18)24(27)30/h4-7,11-12,16,18-19,21H,8-10,13-15,25H2,1-3H3. The third kappa shape index (κ3) is 5.34. The van der Waals surface area contributed by atoms with Crippen molar-refractivity contribution in [1.29, 1.82) is 0 Å². The Morgan fingerprint density at radius 2 is 1.77 bits per heavy atom.